The summed E-state index contributed by atoms with van der Waals surface area (Å²) in [4.78, 5) is 12.9. The van der Waals surface area contributed by atoms with Gasteiger partial charge < -0.3 is 19.2 Å². The van der Waals surface area contributed by atoms with Gasteiger partial charge in [0, 0.05) is 29.7 Å². The molecule has 0 aliphatic carbocycles. The van der Waals surface area contributed by atoms with Gasteiger partial charge >= 0.3 is 5.97 Å². The zero-order valence-electron chi connectivity index (χ0n) is 15.5. The van der Waals surface area contributed by atoms with Crippen LogP contribution in [0.3, 0.4) is 0 Å². The van der Waals surface area contributed by atoms with Crippen LogP contribution in [0.15, 0.2) is 52.9 Å². The Morgan fingerprint density at radius 1 is 1.03 bits per heavy atom. The average Bonchev–Trinajstić information content (AvgIpc) is 3.07. The molecule has 1 aliphatic rings. The average molecular weight is 432 g/mol. The van der Waals surface area contributed by atoms with E-state index in [0.717, 1.165) is 37.4 Å². The zero-order valence-corrected chi connectivity index (χ0v) is 17.0. The minimum absolute atomic E-state index is 0.340. The van der Waals surface area contributed by atoms with E-state index in [1.165, 1.54) is 11.1 Å². The highest BCUT2D eigenvalue weighted by atomic mass is 35.5. The van der Waals surface area contributed by atoms with Gasteiger partial charge in [-0.15, -0.1) is 0 Å². The summed E-state index contributed by atoms with van der Waals surface area (Å²) in [5, 5.41) is 9.91. The Morgan fingerprint density at radius 2 is 1.83 bits per heavy atom. The van der Waals surface area contributed by atoms with Crippen LogP contribution in [0, 0.1) is 0 Å². The van der Waals surface area contributed by atoms with E-state index >= 15 is 0 Å². The Kier molecular flexibility index (Phi) is 5.69. The number of hydrogen-bond acceptors (Lipinski definition) is 4. The topological polar surface area (TPSA) is 62.9 Å². The number of hydrogen-bond donors (Lipinski definition) is 1. The van der Waals surface area contributed by atoms with Crippen molar-refractivity contribution in [2.45, 2.75) is 12.8 Å². The lowest BCUT2D eigenvalue weighted by Gasteiger charge is -2.19. The summed E-state index contributed by atoms with van der Waals surface area (Å²) >= 11 is 12.3. The number of carbonyl (C=O) groups is 1. The number of nitrogens with zero attached hydrogens (tertiary/aromatic N) is 1. The normalized spacial score (nSPS) is 13.7. The van der Waals surface area contributed by atoms with Crippen molar-refractivity contribution < 1.29 is 19.1 Å². The smallest absolute Gasteiger partial charge is 0.341 e. The molecule has 4 rings (SSSR count). The van der Waals surface area contributed by atoms with E-state index in [0.29, 0.717) is 21.6 Å². The number of fused-ring (bicyclic) bond motifs is 1. The first-order valence-electron chi connectivity index (χ1n) is 9.26. The highest BCUT2D eigenvalue weighted by Crippen LogP contribution is 2.34. The molecule has 0 unspecified atom stereocenters. The maximum Gasteiger partial charge on any atom is 0.341 e. The predicted molar refractivity (Wildman–Crippen MR) is 113 cm³/mol. The van der Waals surface area contributed by atoms with E-state index in [4.69, 9.17) is 37.5 Å². The third-order valence-corrected chi connectivity index (χ3v) is 5.49. The molecular weight excluding hydrogens is 413 g/mol. The molecule has 1 aromatic heterocycles. The van der Waals surface area contributed by atoms with Crippen LogP contribution in [-0.2, 0) is 17.6 Å². The van der Waals surface area contributed by atoms with Gasteiger partial charge in [-0.05, 0) is 60.4 Å². The van der Waals surface area contributed by atoms with Crippen LogP contribution in [0.4, 0.5) is 5.88 Å². The highest BCUT2D eigenvalue weighted by molar-refractivity contribution is 6.36. The zero-order chi connectivity index (χ0) is 20.4. The van der Waals surface area contributed by atoms with Crippen molar-refractivity contribution in [3.05, 3.63) is 69.7 Å². The number of aliphatic carboxylic acids is 1. The van der Waals surface area contributed by atoms with Crippen LogP contribution in [0.5, 0.6) is 5.75 Å². The molecule has 1 N–H and O–H groups in total. The first-order chi connectivity index (χ1) is 14.0. The number of carboxylic acid groups (broad SMARTS) is 1. The quantitative estimate of drug-likeness (QED) is 0.591. The van der Waals surface area contributed by atoms with Crippen LogP contribution >= 0.6 is 23.2 Å². The Balaban J connectivity index is 1.49. The summed E-state index contributed by atoms with van der Waals surface area (Å²) in [6.45, 7) is 1.27. The fourth-order valence-corrected chi connectivity index (χ4v) is 3.99. The Bertz CT molecular complexity index is 1050. The second kappa shape index (κ2) is 8.39. The third kappa shape index (κ3) is 4.52. The van der Waals surface area contributed by atoms with Gasteiger partial charge in [0.15, 0.2) is 12.5 Å². The molecule has 1 aliphatic heterocycles. The number of anilines is 1. The SMILES string of the molecule is O=C(O)COc1ccc2c(c1)CCN(c1ccc(-c3ccc(Cl)cc3Cl)o1)CC2. The lowest BCUT2D eigenvalue weighted by Crippen LogP contribution is -2.25. The second-order valence-corrected chi connectivity index (χ2v) is 7.71. The summed E-state index contributed by atoms with van der Waals surface area (Å²) in [5.74, 6) is 1.09. The first kappa shape index (κ1) is 19.7. The van der Waals surface area contributed by atoms with Gasteiger partial charge in [-0.25, -0.2) is 4.79 Å². The highest BCUT2D eigenvalue weighted by Gasteiger charge is 2.18. The Hall–Kier alpha value is -2.63. The van der Waals surface area contributed by atoms with Gasteiger partial charge in [0.2, 0.25) is 0 Å². The third-order valence-electron chi connectivity index (χ3n) is 4.94. The Labute approximate surface area is 178 Å². The molecule has 2 heterocycles. The second-order valence-electron chi connectivity index (χ2n) is 6.86. The van der Waals surface area contributed by atoms with Crippen molar-refractivity contribution in [3.63, 3.8) is 0 Å². The fraction of sp³-hybridized carbons (Fsp3) is 0.227. The summed E-state index contributed by atoms with van der Waals surface area (Å²) in [6.07, 6.45) is 1.68. The number of halogens is 2. The molecule has 150 valence electrons. The first-order valence-corrected chi connectivity index (χ1v) is 10.0. The molecule has 2 aromatic carbocycles. The molecule has 0 bridgehead atoms. The number of carboxylic acids is 1. The monoisotopic (exact) mass is 431 g/mol. The van der Waals surface area contributed by atoms with E-state index in [-0.39, 0.29) is 6.61 Å². The van der Waals surface area contributed by atoms with Crippen LogP contribution in [0.1, 0.15) is 11.1 Å². The molecule has 0 saturated heterocycles. The molecule has 0 saturated carbocycles. The summed E-state index contributed by atoms with van der Waals surface area (Å²) < 4.78 is 11.4. The number of furan rings is 1. The van der Waals surface area contributed by atoms with Crippen molar-refractivity contribution in [2.24, 2.45) is 0 Å². The summed E-state index contributed by atoms with van der Waals surface area (Å²) in [7, 11) is 0. The van der Waals surface area contributed by atoms with E-state index < -0.39 is 5.97 Å². The Morgan fingerprint density at radius 3 is 2.59 bits per heavy atom. The van der Waals surface area contributed by atoms with Gasteiger partial charge in [-0.2, -0.15) is 0 Å². The van der Waals surface area contributed by atoms with Crippen molar-refractivity contribution in [2.75, 3.05) is 24.6 Å². The van der Waals surface area contributed by atoms with E-state index in [1.807, 2.05) is 36.4 Å². The minimum Gasteiger partial charge on any atom is -0.482 e. The van der Waals surface area contributed by atoms with E-state index in [1.54, 1.807) is 12.1 Å². The molecule has 29 heavy (non-hydrogen) atoms. The van der Waals surface area contributed by atoms with E-state index in [2.05, 4.69) is 4.90 Å². The van der Waals surface area contributed by atoms with Crippen molar-refractivity contribution in [3.8, 4) is 17.1 Å². The molecule has 3 aromatic rings. The maximum absolute atomic E-state index is 10.7. The van der Waals surface area contributed by atoms with Crippen molar-refractivity contribution in [1.82, 2.24) is 0 Å². The number of benzene rings is 2. The van der Waals surface area contributed by atoms with Gasteiger partial charge in [0.05, 0.1) is 5.02 Å². The predicted octanol–water partition coefficient (Wildman–Crippen LogP) is 5.32. The molecule has 5 nitrogen and oxygen atoms in total. The van der Waals surface area contributed by atoms with Gasteiger partial charge in [-0.1, -0.05) is 29.3 Å². The molecule has 0 fully saturated rings. The molecule has 0 radical (unpaired) electrons. The van der Waals surface area contributed by atoms with Gasteiger partial charge in [-0.3, -0.25) is 0 Å². The summed E-state index contributed by atoms with van der Waals surface area (Å²) in [6, 6.07) is 15.0. The lowest BCUT2D eigenvalue weighted by atomic mass is 10.0. The van der Waals surface area contributed by atoms with Crippen molar-refractivity contribution >= 4 is 35.1 Å². The summed E-state index contributed by atoms with van der Waals surface area (Å²) in [5.41, 5.74) is 3.21. The molecular formula is C22H19Cl2NO4. The fourth-order valence-electron chi connectivity index (χ4n) is 3.49. The molecule has 0 amide bonds. The van der Waals surface area contributed by atoms with Crippen LogP contribution < -0.4 is 9.64 Å². The lowest BCUT2D eigenvalue weighted by molar-refractivity contribution is -0.139. The van der Waals surface area contributed by atoms with Crippen LogP contribution in [-0.4, -0.2) is 30.8 Å². The van der Waals surface area contributed by atoms with Gasteiger partial charge in [0.1, 0.15) is 11.5 Å². The molecule has 7 heteroatoms. The molecule has 0 atom stereocenters. The van der Waals surface area contributed by atoms with Crippen molar-refractivity contribution in [1.29, 1.82) is 0 Å². The number of ether oxygens (including phenoxy) is 1. The van der Waals surface area contributed by atoms with Crippen LogP contribution in [0.2, 0.25) is 10.0 Å². The van der Waals surface area contributed by atoms with Gasteiger partial charge in [0.25, 0.3) is 0 Å². The van der Waals surface area contributed by atoms with Crippen LogP contribution in [0.25, 0.3) is 11.3 Å². The number of rotatable bonds is 5. The minimum atomic E-state index is -0.986. The van der Waals surface area contributed by atoms with E-state index in [9.17, 15) is 4.79 Å². The largest absolute Gasteiger partial charge is 0.482 e. The maximum atomic E-state index is 10.7. The standard InChI is InChI=1S/C22H19Cl2NO4/c23-16-2-4-18(19(24)12-16)20-5-6-21(29-20)25-9-7-14-1-3-17(28-13-22(26)27)11-15(14)8-10-25/h1-6,11-12H,7-10,13H2,(H,26,27). The molecule has 0 spiro atoms.